The van der Waals surface area contributed by atoms with Crippen molar-refractivity contribution in [2.75, 3.05) is 4.81 Å². The molecule has 0 radical (unpaired) electrons. The molecule has 4 rings (SSSR count). The molecule has 1 nitrogen and oxygen atoms in total. The summed E-state index contributed by atoms with van der Waals surface area (Å²) in [5.74, 6) is 2.28. The Balaban J connectivity index is 1.89. The highest BCUT2D eigenvalue weighted by Gasteiger charge is 2.30. The summed E-state index contributed by atoms with van der Waals surface area (Å²) < 4.78 is 1.13. The van der Waals surface area contributed by atoms with Crippen molar-refractivity contribution in [3.05, 3.63) is 112 Å². The van der Waals surface area contributed by atoms with Crippen LogP contribution in [0, 0.1) is 13.8 Å². The van der Waals surface area contributed by atoms with E-state index >= 15 is 0 Å². The van der Waals surface area contributed by atoms with Crippen LogP contribution in [0.2, 0.25) is 0 Å². The lowest BCUT2D eigenvalue weighted by molar-refractivity contribution is 1.34. The normalized spacial score (nSPS) is 13.7. The van der Waals surface area contributed by atoms with Crippen LogP contribution >= 0.6 is 15.9 Å². The second-order valence-electron chi connectivity index (χ2n) is 6.91. The molecular weight excluding hydrogens is 393 g/mol. The van der Waals surface area contributed by atoms with E-state index in [0.717, 1.165) is 4.47 Å². The van der Waals surface area contributed by atoms with E-state index in [9.17, 15) is 0 Å². The van der Waals surface area contributed by atoms with Gasteiger partial charge in [0.2, 0.25) is 0 Å². The minimum Gasteiger partial charge on any atom is -0.377 e. The number of rotatable bonds is 3. The number of halogens is 1. The Labute approximate surface area is 170 Å². The number of anilines is 1. The van der Waals surface area contributed by atoms with Gasteiger partial charge in [-0.1, -0.05) is 94.2 Å². The summed E-state index contributed by atoms with van der Waals surface area (Å²) in [5.41, 5.74) is 7.48. The summed E-state index contributed by atoms with van der Waals surface area (Å²) in [6.45, 7) is 4.46. The fourth-order valence-corrected chi connectivity index (χ4v) is 3.97. The van der Waals surface area contributed by atoms with Crippen molar-refractivity contribution >= 4 is 39.6 Å². The Bertz CT molecular complexity index is 1020. The molecule has 3 aromatic carbocycles. The summed E-state index contributed by atoms with van der Waals surface area (Å²) >= 11 is 3.72. The van der Waals surface area contributed by atoms with Gasteiger partial charge in [-0.25, -0.2) is 0 Å². The number of nitrogens with zero attached hydrogens (tertiary/aromatic N) is 1. The Kier molecular flexibility index (Phi) is 5.04. The number of aryl methyl sites for hydroxylation is 2. The summed E-state index contributed by atoms with van der Waals surface area (Å²) in [6.07, 6.45) is 4.39. The van der Waals surface area contributed by atoms with E-state index in [1.165, 1.54) is 33.5 Å². The molecule has 0 bridgehead atoms. The van der Waals surface area contributed by atoms with Crippen LogP contribution in [0.15, 0.2) is 95.4 Å². The zero-order valence-corrected chi connectivity index (χ0v) is 17.1. The molecule has 0 aromatic heterocycles. The standard InChI is InChI=1S/C24H21BBrN/c1-18-9-6-7-12-22(18)25-16-8-13-24(20-10-4-3-5-11-20)27(25)21-15-14-19(2)23(26)17-21/h3-17H,1-2H3. The molecule has 0 saturated carbocycles. The molecule has 0 fully saturated rings. The molecule has 0 aliphatic carbocycles. The zero-order valence-electron chi connectivity index (χ0n) is 15.6. The van der Waals surface area contributed by atoms with Crippen LogP contribution in [0.25, 0.3) is 5.70 Å². The molecule has 0 unspecified atom stereocenters. The lowest BCUT2D eigenvalue weighted by Crippen LogP contribution is -2.48. The topological polar surface area (TPSA) is 3.24 Å². The third kappa shape index (κ3) is 3.52. The maximum absolute atomic E-state index is 3.72. The smallest absolute Gasteiger partial charge is 0.320 e. The minimum absolute atomic E-state index is 0.154. The van der Waals surface area contributed by atoms with Crippen LogP contribution in [0.5, 0.6) is 0 Å². The summed E-state index contributed by atoms with van der Waals surface area (Å²) in [7, 11) is 0. The van der Waals surface area contributed by atoms with Gasteiger partial charge in [-0.2, -0.15) is 0 Å². The van der Waals surface area contributed by atoms with Gasteiger partial charge in [-0.3, -0.25) is 0 Å². The SMILES string of the molecule is Cc1ccc(N2B(c3ccccc3C)C=CC=C2c2ccccc2)cc1Br. The highest BCUT2D eigenvalue weighted by molar-refractivity contribution is 9.10. The van der Waals surface area contributed by atoms with Gasteiger partial charge in [-0.05, 0) is 48.6 Å². The van der Waals surface area contributed by atoms with Crippen LogP contribution in [0.4, 0.5) is 5.69 Å². The average Bonchev–Trinajstić information content (AvgIpc) is 2.71. The molecule has 0 atom stereocenters. The first-order valence-corrected chi connectivity index (χ1v) is 9.99. The van der Waals surface area contributed by atoms with E-state index in [2.05, 4.69) is 126 Å². The predicted molar refractivity (Wildman–Crippen MR) is 121 cm³/mol. The maximum atomic E-state index is 3.72. The molecule has 1 aliphatic heterocycles. The molecule has 0 amide bonds. The van der Waals surface area contributed by atoms with Crippen LogP contribution in [-0.2, 0) is 0 Å². The number of hydrogen-bond acceptors (Lipinski definition) is 1. The van der Waals surface area contributed by atoms with E-state index in [0.29, 0.717) is 0 Å². The van der Waals surface area contributed by atoms with Gasteiger partial charge in [0, 0.05) is 15.9 Å². The first kappa shape index (κ1) is 17.9. The van der Waals surface area contributed by atoms with Crippen LogP contribution in [0.1, 0.15) is 16.7 Å². The average molecular weight is 414 g/mol. The van der Waals surface area contributed by atoms with E-state index in [1.54, 1.807) is 0 Å². The molecule has 1 aliphatic rings. The second-order valence-corrected chi connectivity index (χ2v) is 7.76. The number of benzene rings is 3. The van der Waals surface area contributed by atoms with Gasteiger partial charge in [-0.15, -0.1) is 0 Å². The van der Waals surface area contributed by atoms with Gasteiger partial charge < -0.3 is 4.81 Å². The Morgan fingerprint density at radius 2 is 1.56 bits per heavy atom. The van der Waals surface area contributed by atoms with Gasteiger partial charge in [0.15, 0.2) is 0 Å². The van der Waals surface area contributed by atoms with Crippen LogP contribution in [-0.4, -0.2) is 6.85 Å². The molecule has 132 valence electrons. The van der Waals surface area contributed by atoms with Gasteiger partial charge in [0.05, 0.1) is 0 Å². The van der Waals surface area contributed by atoms with Crippen molar-refractivity contribution in [2.45, 2.75) is 13.8 Å². The van der Waals surface area contributed by atoms with E-state index in [-0.39, 0.29) is 6.85 Å². The minimum atomic E-state index is 0.154. The fraction of sp³-hybridized carbons (Fsp3) is 0.0833. The van der Waals surface area contributed by atoms with Crippen molar-refractivity contribution < 1.29 is 0 Å². The first-order chi connectivity index (χ1) is 13.1. The fourth-order valence-electron chi connectivity index (χ4n) is 3.61. The lowest BCUT2D eigenvalue weighted by atomic mass is 9.51. The molecule has 1 heterocycles. The van der Waals surface area contributed by atoms with Crippen molar-refractivity contribution in [2.24, 2.45) is 0 Å². The monoisotopic (exact) mass is 413 g/mol. The molecular formula is C24H21BBrN. The molecule has 0 N–H and O–H groups in total. The zero-order chi connectivity index (χ0) is 18.8. The highest BCUT2D eigenvalue weighted by Crippen LogP contribution is 2.33. The quantitative estimate of drug-likeness (QED) is 0.481. The third-order valence-electron chi connectivity index (χ3n) is 5.10. The van der Waals surface area contributed by atoms with Crippen molar-refractivity contribution in [1.29, 1.82) is 0 Å². The van der Waals surface area contributed by atoms with Crippen LogP contribution < -0.4 is 10.3 Å². The van der Waals surface area contributed by atoms with Gasteiger partial charge >= 0.3 is 6.85 Å². The lowest BCUT2D eigenvalue weighted by Gasteiger charge is -2.35. The van der Waals surface area contributed by atoms with Crippen molar-refractivity contribution in [3.8, 4) is 0 Å². The summed E-state index contributed by atoms with van der Waals surface area (Å²) in [5, 5.41) is 0. The summed E-state index contributed by atoms with van der Waals surface area (Å²) in [6, 6.07) is 25.9. The number of allylic oxidation sites excluding steroid dienone is 2. The Morgan fingerprint density at radius 1 is 0.815 bits per heavy atom. The van der Waals surface area contributed by atoms with Crippen LogP contribution in [0.3, 0.4) is 0 Å². The first-order valence-electron chi connectivity index (χ1n) is 9.20. The van der Waals surface area contributed by atoms with E-state index in [4.69, 9.17) is 0 Å². The van der Waals surface area contributed by atoms with E-state index < -0.39 is 0 Å². The molecule has 3 aromatic rings. The Hall–Kier alpha value is -2.52. The van der Waals surface area contributed by atoms with Gasteiger partial charge in [0.1, 0.15) is 0 Å². The number of hydrogen-bond donors (Lipinski definition) is 0. The Morgan fingerprint density at radius 3 is 2.30 bits per heavy atom. The molecule has 0 saturated heterocycles. The highest BCUT2D eigenvalue weighted by atomic mass is 79.9. The van der Waals surface area contributed by atoms with Gasteiger partial charge in [0.25, 0.3) is 0 Å². The molecule has 27 heavy (non-hydrogen) atoms. The van der Waals surface area contributed by atoms with Crippen molar-refractivity contribution in [1.82, 2.24) is 0 Å². The largest absolute Gasteiger partial charge is 0.377 e. The second kappa shape index (κ2) is 7.62. The maximum Gasteiger partial charge on any atom is 0.320 e. The van der Waals surface area contributed by atoms with E-state index in [1.807, 2.05) is 0 Å². The summed E-state index contributed by atoms with van der Waals surface area (Å²) in [4.78, 5) is 2.43. The molecule has 3 heteroatoms. The van der Waals surface area contributed by atoms with Crippen molar-refractivity contribution in [3.63, 3.8) is 0 Å². The third-order valence-corrected chi connectivity index (χ3v) is 5.95. The molecule has 0 spiro atoms. The predicted octanol–water partition coefficient (Wildman–Crippen LogP) is 5.92.